The van der Waals surface area contributed by atoms with Gasteiger partial charge in [0.15, 0.2) is 0 Å². The fourth-order valence-corrected chi connectivity index (χ4v) is 5.44. The quantitative estimate of drug-likeness (QED) is 0.716. The molecule has 4 rings (SSSR count). The number of ether oxygens (including phenoxy) is 1. The van der Waals surface area contributed by atoms with E-state index in [1.54, 1.807) is 0 Å². The topological polar surface area (TPSA) is 61.8 Å². The number of benzene rings is 1. The van der Waals surface area contributed by atoms with E-state index in [4.69, 9.17) is 13.1 Å². The molecule has 5 nitrogen and oxygen atoms in total. The summed E-state index contributed by atoms with van der Waals surface area (Å²) in [7, 11) is 1.37. The van der Waals surface area contributed by atoms with Crippen LogP contribution in [0.4, 0.5) is 0 Å². The predicted octanol–water partition coefficient (Wildman–Crippen LogP) is 2.64. The summed E-state index contributed by atoms with van der Waals surface area (Å²) in [6.45, 7) is 0. The van der Waals surface area contributed by atoms with Gasteiger partial charge in [-0.3, -0.25) is 8.37 Å². The first kappa shape index (κ1) is 15.5. The van der Waals surface area contributed by atoms with Gasteiger partial charge in [-0.05, 0) is 18.1 Å². The zero-order chi connectivity index (χ0) is 16.1. The van der Waals surface area contributed by atoms with Crippen LogP contribution in [0.2, 0.25) is 0 Å². The Morgan fingerprint density at radius 1 is 1.30 bits per heavy atom. The van der Waals surface area contributed by atoms with E-state index >= 15 is 0 Å². The zero-order valence-corrected chi connectivity index (χ0v) is 14.7. The Balaban J connectivity index is 1.81. The highest BCUT2D eigenvalue weighted by molar-refractivity contribution is 9.10. The fourth-order valence-electron chi connectivity index (χ4n) is 3.98. The third kappa shape index (κ3) is 2.41. The molecule has 3 aliphatic rings. The van der Waals surface area contributed by atoms with Crippen LogP contribution in [-0.2, 0) is 29.3 Å². The van der Waals surface area contributed by atoms with Crippen LogP contribution in [0.15, 0.2) is 40.4 Å². The molecule has 23 heavy (non-hydrogen) atoms. The molecule has 1 heterocycles. The van der Waals surface area contributed by atoms with E-state index in [9.17, 15) is 9.00 Å². The standard InChI is InChI=1S/C16H15BrO5S/c1-20-16(18)12-6-9(8-4-2-3-5-13(8)17)10-7-11(12)15-14(10)21-23(19)22-15/h2-6,9-11,14-15H,7H2,1H3/t9-,10-,11+,14-,15+,23?/m1/s1. The molecule has 0 amide bonds. The monoisotopic (exact) mass is 398 g/mol. The summed E-state index contributed by atoms with van der Waals surface area (Å²) in [4.78, 5) is 12.2. The van der Waals surface area contributed by atoms with Crippen LogP contribution < -0.4 is 0 Å². The molecule has 0 spiro atoms. The number of carbonyl (C=O) groups excluding carboxylic acids is 1. The maximum absolute atomic E-state index is 12.2. The molecule has 2 fully saturated rings. The van der Waals surface area contributed by atoms with Crippen LogP contribution in [0.3, 0.4) is 0 Å². The van der Waals surface area contributed by atoms with E-state index < -0.39 is 11.4 Å². The van der Waals surface area contributed by atoms with Gasteiger partial charge in [-0.15, -0.1) is 0 Å². The average Bonchev–Trinajstić information content (AvgIpc) is 3.06. The number of rotatable bonds is 2. The van der Waals surface area contributed by atoms with Crippen molar-refractivity contribution in [2.45, 2.75) is 24.5 Å². The highest BCUT2D eigenvalue weighted by atomic mass is 79.9. The van der Waals surface area contributed by atoms with Crippen molar-refractivity contribution in [1.29, 1.82) is 0 Å². The Hall–Kier alpha value is -1.02. The molecule has 1 aromatic carbocycles. The Bertz CT molecular complexity index is 718. The lowest BCUT2D eigenvalue weighted by molar-refractivity contribution is -0.137. The minimum Gasteiger partial charge on any atom is -0.466 e. The number of hydrogen-bond acceptors (Lipinski definition) is 5. The predicted molar refractivity (Wildman–Crippen MR) is 86.5 cm³/mol. The molecule has 2 bridgehead atoms. The summed E-state index contributed by atoms with van der Waals surface area (Å²) in [5, 5.41) is 0. The van der Waals surface area contributed by atoms with Crippen LogP contribution in [0.1, 0.15) is 17.9 Å². The molecule has 0 radical (unpaired) electrons. The Morgan fingerprint density at radius 2 is 2.04 bits per heavy atom. The van der Waals surface area contributed by atoms with Gasteiger partial charge in [0.25, 0.3) is 0 Å². The van der Waals surface area contributed by atoms with Crippen molar-refractivity contribution in [2.75, 3.05) is 7.11 Å². The van der Waals surface area contributed by atoms with Crippen LogP contribution in [-0.4, -0.2) is 29.5 Å². The summed E-state index contributed by atoms with van der Waals surface area (Å²) in [5.41, 5.74) is 1.68. The van der Waals surface area contributed by atoms with Gasteiger partial charge in [-0.1, -0.05) is 40.2 Å². The lowest BCUT2D eigenvalue weighted by atomic mass is 9.77. The highest BCUT2D eigenvalue weighted by Crippen LogP contribution is 2.54. The Kier molecular flexibility index (Phi) is 3.91. The van der Waals surface area contributed by atoms with Gasteiger partial charge in [0.05, 0.1) is 7.11 Å². The second kappa shape index (κ2) is 5.81. The number of allylic oxidation sites excluding steroid dienone is 1. The molecule has 6 atom stereocenters. The van der Waals surface area contributed by atoms with Crippen molar-refractivity contribution < 1.29 is 22.1 Å². The van der Waals surface area contributed by atoms with E-state index in [1.165, 1.54) is 7.11 Å². The van der Waals surface area contributed by atoms with Gasteiger partial charge in [0, 0.05) is 27.8 Å². The van der Waals surface area contributed by atoms with E-state index in [1.807, 2.05) is 30.3 Å². The third-order valence-electron chi connectivity index (χ3n) is 4.95. The molecule has 1 saturated carbocycles. The van der Waals surface area contributed by atoms with Gasteiger partial charge in [-0.25, -0.2) is 4.79 Å². The van der Waals surface area contributed by atoms with Gasteiger partial charge in [-0.2, -0.15) is 4.21 Å². The normalized spacial score (nSPS) is 38.1. The zero-order valence-electron chi connectivity index (χ0n) is 12.3. The second-order valence-electron chi connectivity index (χ2n) is 5.99. The number of fused-ring (bicyclic) bond motifs is 5. The molecule has 122 valence electrons. The minimum absolute atomic E-state index is 0.00961. The maximum atomic E-state index is 12.2. The first-order valence-corrected chi connectivity index (χ1v) is 9.20. The van der Waals surface area contributed by atoms with E-state index in [0.717, 1.165) is 16.5 Å². The lowest BCUT2D eigenvalue weighted by Gasteiger charge is -2.29. The Morgan fingerprint density at radius 3 is 2.78 bits per heavy atom. The van der Waals surface area contributed by atoms with Gasteiger partial charge >= 0.3 is 17.3 Å². The number of esters is 1. The first-order chi connectivity index (χ1) is 11.1. The van der Waals surface area contributed by atoms with Gasteiger partial charge in [0.1, 0.15) is 12.2 Å². The third-order valence-corrected chi connectivity index (χ3v) is 6.43. The van der Waals surface area contributed by atoms with Crippen LogP contribution >= 0.6 is 15.9 Å². The number of carbonyl (C=O) groups is 1. The molecule has 0 N–H and O–H groups in total. The summed E-state index contributed by atoms with van der Waals surface area (Å²) < 4.78 is 28.5. The molecular formula is C16H15BrO5S. The van der Waals surface area contributed by atoms with Crippen molar-refractivity contribution >= 4 is 33.3 Å². The van der Waals surface area contributed by atoms with Gasteiger partial charge in [0.2, 0.25) is 0 Å². The summed E-state index contributed by atoms with van der Waals surface area (Å²) in [6.07, 6.45) is 2.12. The summed E-state index contributed by atoms with van der Waals surface area (Å²) in [5.74, 6) is -0.358. The SMILES string of the molecule is COC(=O)C1=C[C@H](c2ccccc2Br)[C@H]2C[C@@H]1[C@@H]1OS(=O)O[C@H]21. The average molecular weight is 399 g/mol. The molecule has 1 aliphatic heterocycles. The fraction of sp³-hybridized carbons (Fsp3) is 0.438. The highest BCUT2D eigenvalue weighted by Gasteiger charge is 2.58. The molecular weight excluding hydrogens is 384 g/mol. The maximum Gasteiger partial charge on any atom is 0.333 e. The lowest BCUT2D eigenvalue weighted by Crippen LogP contribution is -2.26. The molecule has 2 aliphatic carbocycles. The van der Waals surface area contributed by atoms with Crippen molar-refractivity contribution in [3.8, 4) is 0 Å². The smallest absolute Gasteiger partial charge is 0.333 e. The van der Waals surface area contributed by atoms with Gasteiger partial charge < -0.3 is 4.74 Å². The summed E-state index contributed by atoms with van der Waals surface area (Å²) in [6, 6.07) is 7.92. The van der Waals surface area contributed by atoms with Crippen LogP contribution in [0.5, 0.6) is 0 Å². The Labute approximate surface area is 145 Å². The molecule has 1 aromatic rings. The van der Waals surface area contributed by atoms with E-state index in [2.05, 4.69) is 15.9 Å². The van der Waals surface area contributed by atoms with Crippen molar-refractivity contribution in [1.82, 2.24) is 0 Å². The van der Waals surface area contributed by atoms with Crippen molar-refractivity contribution in [2.24, 2.45) is 11.8 Å². The molecule has 0 aromatic heterocycles. The van der Waals surface area contributed by atoms with Crippen molar-refractivity contribution in [3.05, 3.63) is 46.0 Å². The van der Waals surface area contributed by atoms with Crippen molar-refractivity contribution in [3.63, 3.8) is 0 Å². The molecule has 1 saturated heterocycles. The minimum atomic E-state index is -1.74. The van der Waals surface area contributed by atoms with E-state index in [-0.39, 0.29) is 35.9 Å². The van der Waals surface area contributed by atoms with E-state index in [0.29, 0.717) is 5.57 Å². The number of hydrogen-bond donors (Lipinski definition) is 0. The molecule has 7 heteroatoms. The number of halogens is 1. The van der Waals surface area contributed by atoms with Crippen LogP contribution in [0, 0.1) is 11.8 Å². The summed E-state index contributed by atoms with van der Waals surface area (Å²) >= 11 is 1.84. The van der Waals surface area contributed by atoms with Crippen LogP contribution in [0.25, 0.3) is 0 Å². The number of methoxy groups -OCH3 is 1. The second-order valence-corrected chi connectivity index (χ2v) is 7.64. The largest absolute Gasteiger partial charge is 0.466 e. The molecule has 1 unspecified atom stereocenters. The first-order valence-electron chi connectivity index (χ1n) is 7.40.